The molecule has 0 radical (unpaired) electrons. The molecule has 0 aliphatic heterocycles. The van der Waals surface area contributed by atoms with Crippen molar-refractivity contribution in [1.82, 2.24) is 4.40 Å². The van der Waals surface area contributed by atoms with Gasteiger partial charge < -0.3 is 4.40 Å². The predicted octanol–water partition coefficient (Wildman–Crippen LogP) is 4.65. The number of rotatable bonds is 2. The highest BCUT2D eigenvalue weighted by molar-refractivity contribution is 5.91. The molecule has 2 heteroatoms. The van der Waals surface area contributed by atoms with Crippen molar-refractivity contribution in [3.05, 3.63) is 64.5 Å². The minimum atomic E-state index is 0.722. The first-order valence-electron chi connectivity index (χ1n) is 7.16. The van der Waals surface area contributed by atoms with E-state index in [2.05, 4.69) is 52.0 Å². The Kier molecular flexibility index (Phi) is 3.17. The summed E-state index contributed by atoms with van der Waals surface area (Å²) in [6, 6.07) is 10.6. The van der Waals surface area contributed by atoms with Crippen LogP contribution in [-0.2, 0) is 0 Å². The molecule has 2 nitrogen and oxygen atoms in total. The summed E-state index contributed by atoms with van der Waals surface area (Å²) in [6.45, 7) is 8.38. The van der Waals surface area contributed by atoms with Crippen molar-refractivity contribution in [2.75, 3.05) is 0 Å². The van der Waals surface area contributed by atoms with E-state index in [1.165, 1.54) is 27.8 Å². The van der Waals surface area contributed by atoms with Gasteiger partial charge in [-0.05, 0) is 68.1 Å². The van der Waals surface area contributed by atoms with E-state index in [0.29, 0.717) is 0 Å². The smallest absolute Gasteiger partial charge is 0.167 e. The fourth-order valence-corrected chi connectivity index (χ4v) is 3.24. The first-order valence-corrected chi connectivity index (χ1v) is 7.16. The third-order valence-electron chi connectivity index (χ3n) is 4.03. The van der Waals surface area contributed by atoms with E-state index in [0.717, 1.165) is 23.1 Å². The number of aryl methyl sites for hydroxylation is 4. The number of benzene rings is 1. The molecule has 0 atom stereocenters. The molecule has 0 N–H and O–H groups in total. The maximum absolute atomic E-state index is 11.6. The molecule has 106 valence electrons. The summed E-state index contributed by atoms with van der Waals surface area (Å²) in [5, 5.41) is 0. The van der Waals surface area contributed by atoms with Gasteiger partial charge in [-0.1, -0.05) is 17.7 Å². The molecule has 21 heavy (non-hydrogen) atoms. The molecule has 0 amide bonds. The second-order valence-corrected chi connectivity index (χ2v) is 5.83. The molecule has 0 aliphatic rings. The highest BCUT2D eigenvalue weighted by Gasteiger charge is 2.15. The van der Waals surface area contributed by atoms with E-state index in [1.807, 2.05) is 16.7 Å². The summed E-state index contributed by atoms with van der Waals surface area (Å²) < 4.78 is 1.97. The Morgan fingerprint density at radius 1 is 0.905 bits per heavy atom. The quantitative estimate of drug-likeness (QED) is 0.625. The van der Waals surface area contributed by atoms with E-state index in [-0.39, 0.29) is 0 Å². The summed E-state index contributed by atoms with van der Waals surface area (Å²) >= 11 is 0. The van der Waals surface area contributed by atoms with Crippen LogP contribution in [0.2, 0.25) is 0 Å². The van der Waals surface area contributed by atoms with Crippen molar-refractivity contribution in [3.8, 4) is 11.1 Å². The number of carbonyl (C=O) groups excluding carboxylic acids is 1. The van der Waals surface area contributed by atoms with Gasteiger partial charge >= 0.3 is 0 Å². The maximum Gasteiger partial charge on any atom is 0.167 e. The van der Waals surface area contributed by atoms with Gasteiger partial charge in [-0.3, -0.25) is 4.79 Å². The monoisotopic (exact) mass is 277 g/mol. The summed E-state index contributed by atoms with van der Waals surface area (Å²) in [4.78, 5) is 11.6. The van der Waals surface area contributed by atoms with E-state index < -0.39 is 0 Å². The highest BCUT2D eigenvalue weighted by atomic mass is 16.1. The third kappa shape index (κ3) is 2.17. The molecule has 0 aliphatic carbocycles. The number of nitrogens with zero attached hydrogens (tertiary/aromatic N) is 1. The summed E-state index contributed by atoms with van der Waals surface area (Å²) in [5.41, 5.74) is 8.84. The van der Waals surface area contributed by atoms with Crippen molar-refractivity contribution in [2.45, 2.75) is 27.7 Å². The molecule has 0 saturated carbocycles. The normalized spacial score (nSPS) is 11.0. The van der Waals surface area contributed by atoms with Gasteiger partial charge in [0, 0.05) is 17.3 Å². The predicted molar refractivity (Wildman–Crippen MR) is 87.2 cm³/mol. The zero-order chi connectivity index (χ0) is 15.1. The minimum absolute atomic E-state index is 0.722. The van der Waals surface area contributed by atoms with Crippen molar-refractivity contribution in [1.29, 1.82) is 0 Å². The summed E-state index contributed by atoms with van der Waals surface area (Å²) in [7, 11) is 0. The number of hydrogen-bond acceptors (Lipinski definition) is 1. The van der Waals surface area contributed by atoms with Gasteiger partial charge in [0.15, 0.2) is 6.29 Å². The number of pyridine rings is 1. The Balaban J connectivity index is 2.38. The van der Waals surface area contributed by atoms with Crippen LogP contribution in [0.25, 0.3) is 16.6 Å². The Bertz CT molecular complexity index is 832. The zero-order valence-corrected chi connectivity index (χ0v) is 12.9. The molecule has 1 aromatic carbocycles. The lowest BCUT2D eigenvalue weighted by Gasteiger charge is -2.11. The second-order valence-electron chi connectivity index (χ2n) is 5.83. The topological polar surface area (TPSA) is 21.5 Å². The zero-order valence-electron chi connectivity index (χ0n) is 12.9. The van der Waals surface area contributed by atoms with Gasteiger partial charge in [0.2, 0.25) is 0 Å². The van der Waals surface area contributed by atoms with Gasteiger partial charge in [-0.2, -0.15) is 0 Å². The van der Waals surface area contributed by atoms with Crippen LogP contribution in [0.5, 0.6) is 0 Å². The highest BCUT2D eigenvalue weighted by Crippen LogP contribution is 2.33. The van der Waals surface area contributed by atoms with Crippen LogP contribution in [0.15, 0.2) is 36.5 Å². The Labute approximate surface area is 125 Å². The van der Waals surface area contributed by atoms with E-state index in [1.54, 1.807) is 0 Å². The lowest BCUT2D eigenvalue weighted by Crippen LogP contribution is -1.95. The van der Waals surface area contributed by atoms with E-state index >= 15 is 0 Å². The molecule has 2 aromatic heterocycles. The van der Waals surface area contributed by atoms with E-state index in [4.69, 9.17) is 0 Å². The molecule has 0 unspecified atom stereocenters. The fourth-order valence-electron chi connectivity index (χ4n) is 3.24. The van der Waals surface area contributed by atoms with Gasteiger partial charge in [0.1, 0.15) is 0 Å². The number of hydrogen-bond donors (Lipinski definition) is 0. The Morgan fingerprint density at radius 2 is 1.57 bits per heavy atom. The second kappa shape index (κ2) is 4.88. The number of aldehydes is 1. The molecule has 3 rings (SSSR count). The first kappa shape index (κ1) is 13.6. The molecular weight excluding hydrogens is 258 g/mol. The summed E-state index contributed by atoms with van der Waals surface area (Å²) in [6.07, 6.45) is 2.92. The van der Waals surface area contributed by atoms with Crippen LogP contribution >= 0.6 is 0 Å². The minimum Gasteiger partial charge on any atom is -0.314 e. The lowest BCUT2D eigenvalue weighted by molar-refractivity contribution is 0.111. The first-order chi connectivity index (χ1) is 10.0. The standard InChI is InChI=1S/C19H19NO/c1-12-5-6-20-16(9-12)10-17(18(20)11-21)19-14(3)7-13(2)8-15(19)4/h5-11H,1-4H3. The van der Waals surface area contributed by atoms with Crippen LogP contribution in [-0.4, -0.2) is 10.7 Å². The van der Waals surface area contributed by atoms with Crippen LogP contribution < -0.4 is 0 Å². The molecule has 3 aromatic rings. The van der Waals surface area contributed by atoms with Crippen LogP contribution in [0.4, 0.5) is 0 Å². The number of fused-ring (bicyclic) bond motifs is 1. The van der Waals surface area contributed by atoms with Crippen molar-refractivity contribution >= 4 is 11.8 Å². The van der Waals surface area contributed by atoms with Crippen molar-refractivity contribution < 1.29 is 4.79 Å². The van der Waals surface area contributed by atoms with Crippen LogP contribution in [0, 0.1) is 27.7 Å². The molecular formula is C19H19NO. The van der Waals surface area contributed by atoms with Gasteiger partial charge in [0.05, 0.1) is 5.69 Å². The average molecular weight is 277 g/mol. The Hall–Kier alpha value is -2.35. The molecule has 2 heterocycles. The van der Waals surface area contributed by atoms with E-state index in [9.17, 15) is 4.79 Å². The Morgan fingerprint density at radius 3 is 2.19 bits per heavy atom. The number of aromatic nitrogens is 1. The largest absolute Gasteiger partial charge is 0.314 e. The molecule has 0 fully saturated rings. The van der Waals surface area contributed by atoms with Gasteiger partial charge in [0.25, 0.3) is 0 Å². The molecule has 0 saturated heterocycles. The summed E-state index contributed by atoms with van der Waals surface area (Å²) in [5.74, 6) is 0. The van der Waals surface area contributed by atoms with Crippen molar-refractivity contribution in [3.63, 3.8) is 0 Å². The van der Waals surface area contributed by atoms with Gasteiger partial charge in [-0.15, -0.1) is 0 Å². The van der Waals surface area contributed by atoms with Crippen LogP contribution in [0.3, 0.4) is 0 Å². The molecule has 0 spiro atoms. The van der Waals surface area contributed by atoms with Crippen molar-refractivity contribution in [2.24, 2.45) is 0 Å². The van der Waals surface area contributed by atoms with Gasteiger partial charge in [-0.25, -0.2) is 0 Å². The lowest BCUT2D eigenvalue weighted by atomic mass is 9.94. The fraction of sp³-hybridized carbons (Fsp3) is 0.211. The number of carbonyl (C=O) groups is 1. The van der Waals surface area contributed by atoms with Crippen LogP contribution in [0.1, 0.15) is 32.7 Å². The SMILES string of the molecule is Cc1cc(C)c(-c2cc3cc(C)ccn3c2C=O)c(C)c1. The molecule has 0 bridgehead atoms. The average Bonchev–Trinajstić information content (AvgIpc) is 2.74. The maximum atomic E-state index is 11.6. The third-order valence-corrected chi connectivity index (χ3v) is 4.03.